The van der Waals surface area contributed by atoms with Gasteiger partial charge in [0.25, 0.3) is 5.91 Å². The molecule has 0 bridgehead atoms. The van der Waals surface area contributed by atoms with Gasteiger partial charge in [-0.1, -0.05) is 71.2 Å². The lowest BCUT2D eigenvalue weighted by Crippen LogP contribution is -2.60. The summed E-state index contributed by atoms with van der Waals surface area (Å²) >= 11 is 12.4. The quantitative estimate of drug-likeness (QED) is 0.324. The number of nitrogens with zero attached hydrogens (tertiary/aromatic N) is 3. The molecule has 1 amide bonds. The van der Waals surface area contributed by atoms with E-state index in [0.717, 1.165) is 17.4 Å². The van der Waals surface area contributed by atoms with Crippen molar-refractivity contribution in [1.82, 2.24) is 14.5 Å². The fraction of sp³-hybridized carbons (Fsp3) is 0.394. The van der Waals surface area contributed by atoms with E-state index in [1.54, 1.807) is 17.9 Å². The first-order valence-electron chi connectivity index (χ1n) is 14.7. The topological polar surface area (TPSA) is 93.5 Å². The molecule has 2 heterocycles. The van der Waals surface area contributed by atoms with E-state index in [9.17, 15) is 18.5 Å². The van der Waals surface area contributed by atoms with Crippen LogP contribution >= 0.6 is 23.2 Å². The molecule has 0 aromatic heterocycles. The number of aryl methyl sites for hydroxylation is 1. The lowest BCUT2D eigenvalue weighted by molar-refractivity contribution is -0.131. The normalized spacial score (nSPS) is 24.8. The van der Waals surface area contributed by atoms with E-state index in [1.165, 1.54) is 34.6 Å². The highest BCUT2D eigenvalue weighted by molar-refractivity contribution is 7.88. The van der Waals surface area contributed by atoms with Crippen molar-refractivity contribution in [1.29, 1.82) is 5.26 Å². The Kier molecular flexibility index (Phi) is 9.60. The zero-order chi connectivity index (χ0) is 32.7. The first-order chi connectivity index (χ1) is 21.3. The van der Waals surface area contributed by atoms with Gasteiger partial charge in [0.2, 0.25) is 10.0 Å². The summed E-state index contributed by atoms with van der Waals surface area (Å²) in [5, 5.41) is 14.1. The van der Waals surface area contributed by atoms with Crippen molar-refractivity contribution in [2.24, 2.45) is 0 Å². The maximum atomic E-state index is 16.0. The van der Waals surface area contributed by atoms with Crippen LogP contribution in [0.5, 0.6) is 0 Å². The standard InChI is InChI=1S/C33H34Cl2F2N4O3S/c1-20-6-4-7-22(16-20)18-41-21(2)29(25-11-10-23(34)17-28(25)36)30(26-8-5-9-27(35)31(26)37)33(41,19-38)32(42)39-24-12-14-40(15-13-24)45(3,43)44/h4-11,16-17,21,24,29-30H,12-15,18H2,1-3H3,(H,39,42). The SMILES string of the molecule is Cc1cccc(CN2C(C)C(c3ccc(Cl)cc3F)C(c3cccc(Cl)c3F)C2(C#N)C(=O)NC2CCN(S(C)(=O)=O)CC2)c1. The third kappa shape index (κ3) is 6.34. The molecular weight excluding hydrogens is 641 g/mol. The second-order valence-corrected chi connectivity index (χ2v) is 14.8. The smallest absolute Gasteiger partial charge is 0.256 e. The van der Waals surface area contributed by atoms with Gasteiger partial charge < -0.3 is 5.32 Å². The number of piperidine rings is 1. The van der Waals surface area contributed by atoms with Gasteiger partial charge in [0.05, 0.1) is 17.3 Å². The van der Waals surface area contributed by atoms with Gasteiger partial charge in [0.1, 0.15) is 11.6 Å². The van der Waals surface area contributed by atoms with Crippen LogP contribution in [0.3, 0.4) is 0 Å². The van der Waals surface area contributed by atoms with Crippen LogP contribution in [0.2, 0.25) is 10.0 Å². The van der Waals surface area contributed by atoms with E-state index in [4.69, 9.17) is 23.2 Å². The highest BCUT2D eigenvalue weighted by Crippen LogP contribution is 2.56. The zero-order valence-electron chi connectivity index (χ0n) is 25.1. The van der Waals surface area contributed by atoms with Gasteiger partial charge in [-0.25, -0.2) is 21.5 Å². The number of hydrogen-bond donors (Lipinski definition) is 1. The van der Waals surface area contributed by atoms with E-state index in [-0.39, 0.29) is 40.8 Å². The molecule has 3 aromatic rings. The minimum Gasteiger partial charge on any atom is -0.351 e. The number of carbonyl (C=O) groups excluding carboxylic acids is 1. The molecule has 2 fully saturated rings. The van der Waals surface area contributed by atoms with Crippen molar-refractivity contribution in [3.8, 4) is 6.07 Å². The maximum absolute atomic E-state index is 16.0. The monoisotopic (exact) mass is 674 g/mol. The Morgan fingerprint density at radius 3 is 2.38 bits per heavy atom. The zero-order valence-corrected chi connectivity index (χ0v) is 27.4. The Morgan fingerprint density at radius 1 is 1.07 bits per heavy atom. The lowest BCUT2D eigenvalue weighted by Gasteiger charge is -2.39. The molecule has 0 spiro atoms. The van der Waals surface area contributed by atoms with Crippen molar-refractivity contribution in [3.05, 3.63) is 105 Å². The molecule has 2 aliphatic rings. The molecule has 0 saturated carbocycles. The molecule has 0 radical (unpaired) electrons. The number of hydrogen-bond acceptors (Lipinski definition) is 5. The molecular formula is C33H34Cl2F2N4O3S. The van der Waals surface area contributed by atoms with Crippen LogP contribution in [-0.2, 0) is 21.4 Å². The Bertz CT molecular complexity index is 1760. The number of likely N-dealkylation sites (tertiary alicyclic amines) is 1. The molecule has 2 aliphatic heterocycles. The van der Waals surface area contributed by atoms with Crippen molar-refractivity contribution in [2.45, 2.75) is 62.7 Å². The predicted octanol–water partition coefficient (Wildman–Crippen LogP) is 6.15. The summed E-state index contributed by atoms with van der Waals surface area (Å²) in [6.07, 6.45) is 1.80. The molecule has 0 aliphatic carbocycles. The molecule has 5 rings (SSSR count). The van der Waals surface area contributed by atoms with E-state index in [2.05, 4.69) is 11.4 Å². The first-order valence-corrected chi connectivity index (χ1v) is 17.3. The molecule has 3 aromatic carbocycles. The summed E-state index contributed by atoms with van der Waals surface area (Å²) in [5.41, 5.74) is -0.0136. The van der Waals surface area contributed by atoms with Crippen LogP contribution in [0, 0.1) is 29.9 Å². The van der Waals surface area contributed by atoms with E-state index in [0.29, 0.717) is 12.8 Å². The van der Waals surface area contributed by atoms with Crippen molar-refractivity contribution in [3.63, 3.8) is 0 Å². The Hall–Kier alpha value is -3.07. The molecule has 12 heteroatoms. The van der Waals surface area contributed by atoms with Gasteiger partial charge in [-0.15, -0.1) is 0 Å². The van der Waals surface area contributed by atoms with Crippen LogP contribution < -0.4 is 5.32 Å². The van der Waals surface area contributed by atoms with E-state index < -0.39 is 57.0 Å². The third-order valence-corrected chi connectivity index (χ3v) is 11.0. The fourth-order valence-corrected chi connectivity index (χ4v) is 8.20. The van der Waals surface area contributed by atoms with Crippen LogP contribution in [0.25, 0.3) is 0 Å². The largest absolute Gasteiger partial charge is 0.351 e. The summed E-state index contributed by atoms with van der Waals surface area (Å²) in [5.74, 6) is -4.14. The number of sulfonamides is 1. The van der Waals surface area contributed by atoms with Gasteiger partial charge in [-0.2, -0.15) is 5.26 Å². The molecule has 4 atom stereocenters. The number of amides is 1. The Labute approximate surface area is 272 Å². The first kappa shape index (κ1) is 33.3. The van der Waals surface area contributed by atoms with E-state index in [1.807, 2.05) is 31.2 Å². The van der Waals surface area contributed by atoms with Crippen molar-refractivity contribution in [2.75, 3.05) is 19.3 Å². The van der Waals surface area contributed by atoms with Crippen LogP contribution in [0.1, 0.15) is 53.9 Å². The van der Waals surface area contributed by atoms with Crippen LogP contribution in [-0.4, -0.2) is 60.5 Å². The molecule has 45 heavy (non-hydrogen) atoms. The highest BCUT2D eigenvalue weighted by atomic mass is 35.5. The number of benzene rings is 3. The van der Waals surface area contributed by atoms with Gasteiger partial charge >= 0.3 is 0 Å². The minimum atomic E-state index is -3.40. The van der Waals surface area contributed by atoms with Gasteiger partial charge in [0, 0.05) is 48.6 Å². The minimum absolute atomic E-state index is 0.0176. The van der Waals surface area contributed by atoms with E-state index >= 15 is 8.78 Å². The molecule has 1 N–H and O–H groups in total. The lowest BCUT2D eigenvalue weighted by atomic mass is 9.71. The molecule has 4 unspecified atom stereocenters. The fourth-order valence-electron chi connectivity index (χ4n) is 6.98. The Morgan fingerprint density at radius 2 is 1.76 bits per heavy atom. The van der Waals surface area contributed by atoms with Crippen LogP contribution in [0.4, 0.5) is 8.78 Å². The summed E-state index contributed by atoms with van der Waals surface area (Å²) < 4.78 is 57.3. The number of halogens is 4. The number of carbonyl (C=O) groups is 1. The highest BCUT2D eigenvalue weighted by Gasteiger charge is 2.64. The summed E-state index contributed by atoms with van der Waals surface area (Å²) in [7, 11) is -3.40. The number of nitriles is 1. The summed E-state index contributed by atoms with van der Waals surface area (Å²) in [4.78, 5) is 16.4. The second-order valence-electron chi connectivity index (χ2n) is 12.0. The van der Waals surface area contributed by atoms with Gasteiger partial charge in [-0.05, 0) is 61.6 Å². The van der Waals surface area contributed by atoms with Gasteiger partial charge in [-0.3, -0.25) is 9.69 Å². The average molecular weight is 676 g/mol. The summed E-state index contributed by atoms with van der Waals surface area (Å²) in [6.45, 7) is 4.29. The van der Waals surface area contributed by atoms with Crippen LogP contribution in [0.15, 0.2) is 60.7 Å². The second kappa shape index (κ2) is 13.0. The van der Waals surface area contributed by atoms with Crippen molar-refractivity contribution >= 4 is 39.1 Å². The summed E-state index contributed by atoms with van der Waals surface area (Å²) in [6, 6.07) is 17.5. The number of nitrogens with one attached hydrogen (secondary N) is 1. The average Bonchev–Trinajstić information content (AvgIpc) is 3.22. The molecule has 7 nitrogen and oxygen atoms in total. The van der Waals surface area contributed by atoms with Crippen molar-refractivity contribution < 1.29 is 22.0 Å². The number of rotatable bonds is 7. The van der Waals surface area contributed by atoms with Gasteiger partial charge in [0.15, 0.2) is 5.54 Å². The predicted molar refractivity (Wildman–Crippen MR) is 170 cm³/mol. The Balaban J connectivity index is 1.68. The maximum Gasteiger partial charge on any atom is 0.256 e. The third-order valence-electron chi connectivity index (χ3n) is 9.12. The molecule has 238 valence electrons. The molecule has 2 saturated heterocycles.